The minimum Gasteiger partial charge on any atom is -0.484 e. The van der Waals surface area contributed by atoms with Crippen molar-refractivity contribution in [3.05, 3.63) is 47.4 Å². The molecule has 0 atom stereocenters. The Morgan fingerprint density at radius 2 is 1.93 bits per heavy atom. The van der Waals surface area contributed by atoms with Crippen LogP contribution in [0.5, 0.6) is 5.75 Å². The Labute approximate surface area is 158 Å². The highest BCUT2D eigenvalue weighted by molar-refractivity contribution is 5.78. The van der Waals surface area contributed by atoms with E-state index in [0.717, 1.165) is 42.4 Å². The van der Waals surface area contributed by atoms with E-state index in [-0.39, 0.29) is 12.5 Å². The highest BCUT2D eigenvalue weighted by Crippen LogP contribution is 2.27. The number of nitrogens with zero attached hydrogens (tertiary/aromatic N) is 4. The maximum absolute atomic E-state index is 12.7. The molecule has 1 aromatic heterocycles. The van der Waals surface area contributed by atoms with Gasteiger partial charge in [-0.3, -0.25) is 4.79 Å². The molecule has 142 valence electrons. The highest BCUT2D eigenvalue weighted by Gasteiger charge is 2.28. The van der Waals surface area contributed by atoms with Crippen molar-refractivity contribution in [3.8, 4) is 5.75 Å². The first-order valence-corrected chi connectivity index (χ1v) is 9.35. The zero-order valence-electron chi connectivity index (χ0n) is 15.6. The van der Waals surface area contributed by atoms with Crippen LogP contribution in [0.15, 0.2) is 30.3 Å². The molecule has 0 spiro atoms. The number of aromatic nitrogens is 2. The van der Waals surface area contributed by atoms with Crippen LogP contribution in [0, 0.1) is 6.92 Å². The summed E-state index contributed by atoms with van der Waals surface area (Å²) in [6.07, 6.45) is 0.743. The van der Waals surface area contributed by atoms with Gasteiger partial charge in [-0.25, -0.2) is 9.97 Å². The Hall–Kier alpha value is -2.67. The summed E-state index contributed by atoms with van der Waals surface area (Å²) in [6.45, 7) is 6.18. The summed E-state index contributed by atoms with van der Waals surface area (Å²) in [7, 11) is 0. The molecular weight excluding hydrogens is 344 g/mol. The minimum absolute atomic E-state index is 0.0157. The number of aryl methyl sites for hydroxylation is 1. The van der Waals surface area contributed by atoms with Crippen molar-refractivity contribution in [1.82, 2.24) is 14.9 Å². The molecule has 4 rings (SSSR count). The summed E-state index contributed by atoms with van der Waals surface area (Å²) in [5.41, 5.74) is 2.11. The van der Waals surface area contributed by atoms with Crippen molar-refractivity contribution in [2.24, 2.45) is 0 Å². The first kappa shape index (κ1) is 17.7. The van der Waals surface area contributed by atoms with Gasteiger partial charge in [-0.2, -0.15) is 0 Å². The number of amides is 1. The number of hydrogen-bond acceptors (Lipinski definition) is 6. The first-order valence-electron chi connectivity index (χ1n) is 9.35. The second kappa shape index (κ2) is 7.92. The summed E-state index contributed by atoms with van der Waals surface area (Å²) < 4.78 is 11.1. The van der Waals surface area contributed by atoms with Crippen LogP contribution in [-0.4, -0.2) is 60.2 Å². The van der Waals surface area contributed by atoms with E-state index in [2.05, 4.69) is 14.9 Å². The monoisotopic (exact) mass is 368 g/mol. The van der Waals surface area contributed by atoms with Gasteiger partial charge in [-0.05, 0) is 19.1 Å². The summed E-state index contributed by atoms with van der Waals surface area (Å²) in [6, 6.07) is 9.42. The molecule has 0 bridgehead atoms. The van der Waals surface area contributed by atoms with Crippen LogP contribution in [0.25, 0.3) is 0 Å². The predicted molar refractivity (Wildman–Crippen MR) is 101 cm³/mol. The van der Waals surface area contributed by atoms with Gasteiger partial charge in [0, 0.05) is 31.6 Å². The molecule has 0 unspecified atom stereocenters. The fourth-order valence-corrected chi connectivity index (χ4v) is 3.52. The molecule has 1 amide bonds. The van der Waals surface area contributed by atoms with E-state index in [0.29, 0.717) is 32.1 Å². The lowest BCUT2D eigenvalue weighted by atomic mass is 10.1. The smallest absolute Gasteiger partial charge is 0.260 e. The molecule has 1 fully saturated rings. The van der Waals surface area contributed by atoms with Gasteiger partial charge in [-0.1, -0.05) is 18.2 Å². The van der Waals surface area contributed by atoms with Crippen LogP contribution in [0.2, 0.25) is 0 Å². The maximum Gasteiger partial charge on any atom is 0.260 e. The third-order valence-corrected chi connectivity index (χ3v) is 4.92. The number of morpholine rings is 1. The standard InChI is InChI=1S/C20H24N4O3/c1-15-21-18-7-8-24(19(25)14-27-16-5-3-2-4-6-16)13-17(18)20(22-15)23-9-11-26-12-10-23/h2-6H,7-14H2,1H3. The molecule has 2 aromatic rings. The molecule has 2 aliphatic rings. The number of ether oxygens (including phenoxy) is 2. The molecule has 1 aromatic carbocycles. The van der Waals surface area contributed by atoms with Crippen molar-refractivity contribution >= 4 is 11.7 Å². The van der Waals surface area contributed by atoms with E-state index in [1.807, 2.05) is 42.2 Å². The molecule has 0 saturated carbocycles. The normalized spacial score (nSPS) is 16.8. The zero-order chi connectivity index (χ0) is 18.6. The lowest BCUT2D eigenvalue weighted by Gasteiger charge is -2.34. The number of rotatable bonds is 4. The largest absolute Gasteiger partial charge is 0.484 e. The van der Waals surface area contributed by atoms with Crippen molar-refractivity contribution in [1.29, 1.82) is 0 Å². The van der Waals surface area contributed by atoms with E-state index in [9.17, 15) is 4.79 Å². The lowest BCUT2D eigenvalue weighted by Crippen LogP contribution is -2.42. The molecule has 3 heterocycles. The van der Waals surface area contributed by atoms with Gasteiger partial charge in [0.1, 0.15) is 17.4 Å². The molecule has 0 radical (unpaired) electrons. The second-order valence-electron chi connectivity index (χ2n) is 6.79. The van der Waals surface area contributed by atoms with Crippen molar-refractivity contribution in [3.63, 3.8) is 0 Å². The summed E-state index contributed by atoms with van der Waals surface area (Å²) >= 11 is 0. The quantitative estimate of drug-likeness (QED) is 0.816. The topological polar surface area (TPSA) is 67.8 Å². The third kappa shape index (κ3) is 4.03. The van der Waals surface area contributed by atoms with Crippen LogP contribution >= 0.6 is 0 Å². The summed E-state index contributed by atoms with van der Waals surface area (Å²) in [5.74, 6) is 2.42. The van der Waals surface area contributed by atoms with E-state index in [4.69, 9.17) is 9.47 Å². The number of fused-ring (bicyclic) bond motifs is 1. The second-order valence-corrected chi connectivity index (χ2v) is 6.79. The molecule has 0 aliphatic carbocycles. The van der Waals surface area contributed by atoms with Gasteiger partial charge in [0.15, 0.2) is 6.61 Å². The molecule has 1 saturated heterocycles. The summed E-state index contributed by atoms with van der Waals surface area (Å²) in [5, 5.41) is 0. The Bertz CT molecular complexity index is 806. The van der Waals surface area contributed by atoms with Crippen molar-refractivity contribution < 1.29 is 14.3 Å². The van der Waals surface area contributed by atoms with Gasteiger partial charge in [0.2, 0.25) is 0 Å². The van der Waals surface area contributed by atoms with Gasteiger partial charge >= 0.3 is 0 Å². The fourth-order valence-electron chi connectivity index (χ4n) is 3.52. The summed E-state index contributed by atoms with van der Waals surface area (Å²) in [4.78, 5) is 26.1. The predicted octanol–water partition coefficient (Wildman–Crippen LogP) is 1.59. The van der Waals surface area contributed by atoms with E-state index in [1.165, 1.54) is 0 Å². The van der Waals surface area contributed by atoms with Gasteiger partial charge in [0.05, 0.1) is 25.5 Å². The first-order chi connectivity index (χ1) is 13.2. The van der Waals surface area contributed by atoms with Crippen molar-refractivity contribution in [2.45, 2.75) is 19.9 Å². The van der Waals surface area contributed by atoms with E-state index < -0.39 is 0 Å². The maximum atomic E-state index is 12.7. The number of benzene rings is 1. The van der Waals surface area contributed by atoms with Crippen LogP contribution in [0.1, 0.15) is 17.1 Å². The Kier molecular flexibility index (Phi) is 5.20. The van der Waals surface area contributed by atoms with E-state index >= 15 is 0 Å². The molecule has 7 heteroatoms. The van der Waals surface area contributed by atoms with Crippen LogP contribution < -0.4 is 9.64 Å². The number of carbonyl (C=O) groups is 1. The zero-order valence-corrected chi connectivity index (χ0v) is 15.6. The van der Waals surface area contributed by atoms with Gasteiger partial charge < -0.3 is 19.3 Å². The SMILES string of the molecule is Cc1nc2c(c(N3CCOCC3)n1)CN(C(=O)COc1ccccc1)CC2. The molecule has 27 heavy (non-hydrogen) atoms. The fraction of sp³-hybridized carbons (Fsp3) is 0.450. The Morgan fingerprint density at radius 1 is 1.15 bits per heavy atom. The number of anilines is 1. The average molecular weight is 368 g/mol. The lowest BCUT2D eigenvalue weighted by molar-refractivity contribution is -0.134. The van der Waals surface area contributed by atoms with E-state index in [1.54, 1.807) is 0 Å². The Balaban J connectivity index is 1.49. The molecule has 0 N–H and O–H groups in total. The third-order valence-electron chi connectivity index (χ3n) is 4.92. The van der Waals surface area contributed by atoms with Crippen molar-refractivity contribution in [2.75, 3.05) is 44.4 Å². The minimum atomic E-state index is -0.0157. The number of para-hydroxylation sites is 1. The average Bonchev–Trinajstić information content (AvgIpc) is 2.72. The van der Waals surface area contributed by atoms with Gasteiger partial charge in [-0.15, -0.1) is 0 Å². The molecule has 7 nitrogen and oxygen atoms in total. The van der Waals surface area contributed by atoms with Crippen LogP contribution in [0.4, 0.5) is 5.82 Å². The molecule has 2 aliphatic heterocycles. The van der Waals surface area contributed by atoms with Crippen LogP contribution in [-0.2, 0) is 22.5 Å². The molecular formula is C20H24N4O3. The number of carbonyl (C=O) groups excluding carboxylic acids is 1. The number of hydrogen-bond donors (Lipinski definition) is 0. The Morgan fingerprint density at radius 3 is 2.70 bits per heavy atom. The van der Waals surface area contributed by atoms with Gasteiger partial charge in [0.25, 0.3) is 5.91 Å². The van der Waals surface area contributed by atoms with Crippen LogP contribution in [0.3, 0.4) is 0 Å². The highest BCUT2D eigenvalue weighted by atomic mass is 16.5.